The van der Waals surface area contributed by atoms with Crippen molar-refractivity contribution in [1.82, 2.24) is 0 Å². The molecule has 0 spiro atoms. The average molecular weight is 301 g/mol. The number of carbonyl (C=O) groups excluding carboxylic acids is 2. The Hall–Kier alpha value is -1.42. The van der Waals surface area contributed by atoms with Crippen LogP contribution in [-0.4, -0.2) is 18.4 Å². The summed E-state index contributed by atoms with van der Waals surface area (Å²) in [5.41, 5.74) is 0.120. The molecule has 0 aliphatic carbocycles. The number of halogens is 2. The highest BCUT2D eigenvalue weighted by Crippen LogP contribution is 2.23. The summed E-state index contributed by atoms with van der Waals surface area (Å²) in [5.74, 6) is -2.61. The molecule has 1 rings (SSSR count). The van der Waals surface area contributed by atoms with Gasteiger partial charge in [0.1, 0.15) is 11.7 Å². The second-order valence-corrected chi connectivity index (χ2v) is 5.22. The normalized spacial score (nSPS) is 12.3. The van der Waals surface area contributed by atoms with Crippen LogP contribution in [0.3, 0.4) is 0 Å². The minimum atomic E-state index is -0.898. The summed E-state index contributed by atoms with van der Waals surface area (Å²) in [5, 5.41) is 0.185. The number of Topliss-reactive ketones (excluding diaryl/α,β-unsaturated/α-hetero) is 1. The van der Waals surface area contributed by atoms with E-state index >= 15 is 0 Å². The molecule has 0 aromatic heterocycles. The van der Waals surface area contributed by atoms with Crippen molar-refractivity contribution in [3.05, 3.63) is 34.6 Å². The summed E-state index contributed by atoms with van der Waals surface area (Å²) in [6, 6.07) is 4.22. The molecule has 0 aliphatic heterocycles. The monoisotopic (exact) mass is 300 g/mol. The number of hydrogen-bond donors (Lipinski definition) is 0. The van der Waals surface area contributed by atoms with Crippen molar-refractivity contribution in [1.29, 1.82) is 0 Å². The van der Waals surface area contributed by atoms with E-state index in [9.17, 15) is 14.0 Å². The van der Waals surface area contributed by atoms with Crippen LogP contribution in [0.2, 0.25) is 5.02 Å². The average Bonchev–Trinajstić information content (AvgIpc) is 2.34. The van der Waals surface area contributed by atoms with Crippen LogP contribution in [0.15, 0.2) is 18.2 Å². The first-order valence-corrected chi connectivity index (χ1v) is 6.88. The molecule has 0 bridgehead atoms. The molecule has 0 heterocycles. The Balaban J connectivity index is 2.95. The number of benzene rings is 1. The Morgan fingerprint density at radius 2 is 2.00 bits per heavy atom. The van der Waals surface area contributed by atoms with E-state index in [0.717, 1.165) is 0 Å². The molecule has 20 heavy (non-hydrogen) atoms. The maximum Gasteiger partial charge on any atom is 0.316 e. The van der Waals surface area contributed by atoms with Crippen LogP contribution < -0.4 is 0 Å². The number of rotatable bonds is 6. The second kappa shape index (κ2) is 7.39. The fourth-order valence-corrected chi connectivity index (χ4v) is 2.22. The van der Waals surface area contributed by atoms with Crippen LogP contribution in [0.1, 0.15) is 26.3 Å². The summed E-state index contributed by atoms with van der Waals surface area (Å²) in [6.45, 7) is 5.38. The maximum atomic E-state index is 13.7. The zero-order chi connectivity index (χ0) is 15.3. The summed E-state index contributed by atoms with van der Waals surface area (Å²) < 4.78 is 18.6. The van der Waals surface area contributed by atoms with Gasteiger partial charge in [0.25, 0.3) is 0 Å². The summed E-state index contributed by atoms with van der Waals surface area (Å²) >= 11 is 5.89. The van der Waals surface area contributed by atoms with Crippen molar-refractivity contribution in [3.63, 3.8) is 0 Å². The van der Waals surface area contributed by atoms with Crippen LogP contribution in [0, 0.1) is 17.7 Å². The van der Waals surface area contributed by atoms with Gasteiger partial charge in [0, 0.05) is 17.0 Å². The smallest absolute Gasteiger partial charge is 0.316 e. The molecule has 3 nitrogen and oxygen atoms in total. The Morgan fingerprint density at radius 3 is 2.50 bits per heavy atom. The lowest BCUT2D eigenvalue weighted by Crippen LogP contribution is -2.32. The summed E-state index contributed by atoms with van der Waals surface area (Å²) in [7, 11) is 0. The molecule has 1 unspecified atom stereocenters. The van der Waals surface area contributed by atoms with Crippen molar-refractivity contribution in [2.75, 3.05) is 6.61 Å². The molecule has 1 aromatic carbocycles. The minimum Gasteiger partial charge on any atom is -0.465 e. The SMILES string of the molecule is CCOC(=O)C(C(=O)Cc1c(F)cccc1Cl)C(C)C. The van der Waals surface area contributed by atoms with Crippen LogP contribution in [0.25, 0.3) is 0 Å². The lowest BCUT2D eigenvalue weighted by atomic mass is 9.88. The van der Waals surface area contributed by atoms with Crippen molar-refractivity contribution in [3.8, 4) is 0 Å². The van der Waals surface area contributed by atoms with E-state index in [1.807, 2.05) is 0 Å². The zero-order valence-corrected chi connectivity index (χ0v) is 12.5. The van der Waals surface area contributed by atoms with Gasteiger partial charge < -0.3 is 4.74 Å². The van der Waals surface area contributed by atoms with Gasteiger partial charge in [-0.25, -0.2) is 4.39 Å². The van der Waals surface area contributed by atoms with E-state index in [4.69, 9.17) is 16.3 Å². The molecule has 110 valence electrons. The zero-order valence-electron chi connectivity index (χ0n) is 11.8. The largest absolute Gasteiger partial charge is 0.465 e. The van der Waals surface area contributed by atoms with E-state index < -0.39 is 17.7 Å². The highest BCUT2D eigenvalue weighted by Gasteiger charge is 2.31. The Kier molecular flexibility index (Phi) is 6.14. The fraction of sp³-hybridized carbons (Fsp3) is 0.467. The predicted molar refractivity (Wildman–Crippen MR) is 75.1 cm³/mol. The minimum absolute atomic E-state index is 0.120. The number of ether oxygens (including phenoxy) is 1. The van der Waals surface area contributed by atoms with Crippen LogP contribution >= 0.6 is 11.6 Å². The molecule has 5 heteroatoms. The van der Waals surface area contributed by atoms with Crippen LogP contribution in [-0.2, 0) is 20.7 Å². The molecule has 0 radical (unpaired) electrons. The van der Waals surface area contributed by atoms with Gasteiger partial charge in [-0.1, -0.05) is 31.5 Å². The summed E-state index contributed by atoms with van der Waals surface area (Å²) in [4.78, 5) is 24.1. The lowest BCUT2D eigenvalue weighted by molar-refractivity contribution is -0.153. The fourth-order valence-electron chi connectivity index (χ4n) is 1.99. The number of ketones is 1. The maximum absolute atomic E-state index is 13.7. The Bertz CT molecular complexity index is 480. The van der Waals surface area contributed by atoms with E-state index in [-0.39, 0.29) is 35.3 Å². The molecule has 0 fully saturated rings. The van der Waals surface area contributed by atoms with Gasteiger partial charge in [-0.05, 0) is 25.0 Å². The molecule has 0 N–H and O–H groups in total. The number of hydrogen-bond acceptors (Lipinski definition) is 3. The van der Waals surface area contributed by atoms with Gasteiger partial charge in [-0.2, -0.15) is 0 Å². The molecule has 0 saturated carbocycles. The van der Waals surface area contributed by atoms with E-state index in [2.05, 4.69) is 0 Å². The number of carbonyl (C=O) groups is 2. The molecule has 0 aliphatic rings. The molecule has 0 saturated heterocycles. The second-order valence-electron chi connectivity index (χ2n) is 4.82. The lowest BCUT2D eigenvalue weighted by Gasteiger charge is -2.18. The van der Waals surface area contributed by atoms with Crippen molar-refractivity contribution in [2.45, 2.75) is 27.2 Å². The van der Waals surface area contributed by atoms with Crippen molar-refractivity contribution < 1.29 is 18.7 Å². The standard InChI is InChI=1S/C15H18ClFO3/c1-4-20-15(19)14(9(2)3)13(18)8-10-11(16)6-5-7-12(10)17/h5-7,9,14H,4,8H2,1-3H3. The topological polar surface area (TPSA) is 43.4 Å². The first-order valence-electron chi connectivity index (χ1n) is 6.50. The van der Waals surface area contributed by atoms with Crippen LogP contribution in [0.4, 0.5) is 4.39 Å². The molecular weight excluding hydrogens is 283 g/mol. The molecular formula is C15H18ClFO3. The predicted octanol–water partition coefficient (Wildman–Crippen LogP) is 3.43. The van der Waals surface area contributed by atoms with Gasteiger partial charge in [0.2, 0.25) is 0 Å². The van der Waals surface area contributed by atoms with Gasteiger partial charge in [0.15, 0.2) is 5.78 Å². The van der Waals surface area contributed by atoms with Crippen molar-refractivity contribution in [2.24, 2.45) is 11.8 Å². The molecule has 1 aromatic rings. The number of esters is 1. The van der Waals surface area contributed by atoms with Gasteiger partial charge in [-0.15, -0.1) is 0 Å². The van der Waals surface area contributed by atoms with E-state index in [0.29, 0.717) is 0 Å². The first kappa shape index (κ1) is 16.6. The highest BCUT2D eigenvalue weighted by atomic mass is 35.5. The van der Waals surface area contributed by atoms with E-state index in [1.54, 1.807) is 20.8 Å². The van der Waals surface area contributed by atoms with Gasteiger partial charge in [0.05, 0.1) is 6.61 Å². The van der Waals surface area contributed by atoms with Crippen LogP contribution in [0.5, 0.6) is 0 Å². The Morgan fingerprint density at radius 1 is 1.35 bits per heavy atom. The van der Waals surface area contributed by atoms with Gasteiger partial charge in [-0.3, -0.25) is 9.59 Å². The van der Waals surface area contributed by atoms with Gasteiger partial charge >= 0.3 is 5.97 Å². The quantitative estimate of drug-likeness (QED) is 0.597. The molecule has 1 atom stereocenters. The Labute approximate surface area is 123 Å². The first-order chi connectivity index (χ1) is 9.38. The van der Waals surface area contributed by atoms with Crippen molar-refractivity contribution >= 4 is 23.4 Å². The van der Waals surface area contributed by atoms with E-state index in [1.165, 1.54) is 18.2 Å². The third-order valence-corrected chi connectivity index (χ3v) is 3.32. The third-order valence-electron chi connectivity index (χ3n) is 2.97. The third kappa shape index (κ3) is 4.04. The molecule has 0 amide bonds. The highest BCUT2D eigenvalue weighted by molar-refractivity contribution is 6.31. The summed E-state index contributed by atoms with van der Waals surface area (Å²) in [6.07, 6.45) is -0.215.